The molecule has 0 atom stereocenters. The lowest BCUT2D eigenvalue weighted by Gasteiger charge is -2.19. The zero-order valence-electron chi connectivity index (χ0n) is 22.3. The molecular formula is C28H35Cl2N3O5. The van der Waals surface area contributed by atoms with Crippen molar-refractivity contribution in [1.82, 2.24) is 9.97 Å². The molecule has 0 saturated carbocycles. The highest BCUT2D eigenvalue weighted by molar-refractivity contribution is 5.96. The summed E-state index contributed by atoms with van der Waals surface area (Å²) in [6.07, 6.45) is 2.01. The summed E-state index contributed by atoms with van der Waals surface area (Å²) in [6, 6.07) is 11.7. The lowest BCUT2D eigenvalue weighted by atomic mass is 9.95. The number of rotatable bonds is 11. The number of aromatic nitrogens is 2. The van der Waals surface area contributed by atoms with Crippen molar-refractivity contribution in [3.05, 3.63) is 53.2 Å². The molecule has 0 aliphatic carbocycles. The molecule has 8 nitrogen and oxygen atoms in total. The molecule has 10 heteroatoms. The van der Waals surface area contributed by atoms with Crippen molar-refractivity contribution in [2.75, 3.05) is 46.9 Å². The summed E-state index contributed by atoms with van der Waals surface area (Å²) in [5.41, 5.74) is 3.22. The van der Waals surface area contributed by atoms with E-state index in [2.05, 4.69) is 23.3 Å². The van der Waals surface area contributed by atoms with Gasteiger partial charge >= 0.3 is 0 Å². The first-order valence-electron chi connectivity index (χ1n) is 12.0. The van der Waals surface area contributed by atoms with Crippen LogP contribution in [0.15, 0.2) is 36.4 Å². The van der Waals surface area contributed by atoms with Gasteiger partial charge in [0.15, 0.2) is 11.5 Å². The number of pyridine rings is 2. The summed E-state index contributed by atoms with van der Waals surface area (Å²) in [6.45, 7) is 3.22. The van der Waals surface area contributed by atoms with Gasteiger partial charge in [0.2, 0.25) is 5.88 Å². The summed E-state index contributed by atoms with van der Waals surface area (Å²) in [5.74, 6) is 2.62. The fraction of sp³-hybridized carbons (Fsp3) is 0.357. The van der Waals surface area contributed by atoms with Crippen LogP contribution in [0.25, 0.3) is 21.7 Å². The van der Waals surface area contributed by atoms with Crippen molar-refractivity contribution in [2.24, 2.45) is 0 Å². The van der Waals surface area contributed by atoms with Crippen molar-refractivity contribution in [3.8, 4) is 23.1 Å². The van der Waals surface area contributed by atoms with Gasteiger partial charge in [0.25, 0.3) is 0 Å². The minimum absolute atomic E-state index is 0. The number of fused-ring (bicyclic) bond motifs is 2. The molecule has 2 N–H and O–H groups in total. The average Bonchev–Trinajstić information content (AvgIpc) is 2.89. The van der Waals surface area contributed by atoms with E-state index in [1.165, 1.54) is 0 Å². The Morgan fingerprint density at radius 1 is 0.921 bits per heavy atom. The maximum Gasteiger partial charge on any atom is 0.215 e. The maximum absolute atomic E-state index is 11.2. The van der Waals surface area contributed by atoms with Crippen LogP contribution in [0.1, 0.15) is 30.2 Å². The number of halogens is 2. The first kappa shape index (κ1) is 31.0. The third-order valence-corrected chi connectivity index (χ3v) is 6.22. The van der Waals surface area contributed by atoms with Gasteiger partial charge in [-0.2, -0.15) is 0 Å². The molecule has 206 valence electrons. The van der Waals surface area contributed by atoms with Crippen LogP contribution in [0.3, 0.4) is 0 Å². The summed E-state index contributed by atoms with van der Waals surface area (Å²) >= 11 is 0. The van der Waals surface area contributed by atoms with Crippen LogP contribution in [-0.4, -0.2) is 56.7 Å². The molecule has 2 aromatic carbocycles. The Labute approximate surface area is 235 Å². The maximum atomic E-state index is 11.2. The Kier molecular flexibility index (Phi) is 11.5. The Morgan fingerprint density at radius 2 is 1.71 bits per heavy atom. The van der Waals surface area contributed by atoms with Crippen LogP contribution < -0.4 is 19.5 Å². The second-order valence-corrected chi connectivity index (χ2v) is 8.49. The van der Waals surface area contributed by atoms with E-state index in [4.69, 9.17) is 23.9 Å². The molecule has 0 radical (unpaired) electrons. The van der Waals surface area contributed by atoms with Gasteiger partial charge in [-0.1, -0.05) is 13.3 Å². The highest BCUT2D eigenvalue weighted by Gasteiger charge is 2.22. The highest BCUT2D eigenvalue weighted by atomic mass is 35.5. The molecule has 0 spiro atoms. The average molecular weight is 565 g/mol. The number of methoxy groups -OCH3 is 4. The van der Waals surface area contributed by atoms with E-state index < -0.39 is 0 Å². The van der Waals surface area contributed by atoms with Crippen LogP contribution in [-0.2, 0) is 17.6 Å². The van der Waals surface area contributed by atoms with Gasteiger partial charge < -0.3 is 29.4 Å². The second-order valence-electron chi connectivity index (χ2n) is 8.49. The topological polar surface area (TPSA) is 95.0 Å². The number of anilines is 1. The third kappa shape index (κ3) is 6.26. The van der Waals surface area contributed by atoms with Crippen LogP contribution >= 0.6 is 24.8 Å². The standard InChI is InChI=1S/C28H33N3O5.2ClH/c1-6-7-23-20-9-11-24(35-4)26(36-5)25(20)21(28(32)31-23)16-18-14-17-15-19(34-3)8-10-22(17)30-27(18)29-12-13-33-2;;/h8-11,14-15H,6-7,12-13,16H2,1-5H3,(H,29,30)(H,31,32);2*1H. The minimum Gasteiger partial charge on any atom is -0.497 e. The second kappa shape index (κ2) is 14.1. The fourth-order valence-corrected chi connectivity index (χ4v) is 4.50. The van der Waals surface area contributed by atoms with E-state index in [1.54, 1.807) is 28.4 Å². The quantitative estimate of drug-likeness (QED) is 0.216. The molecule has 4 aromatic rings. The van der Waals surface area contributed by atoms with Crippen molar-refractivity contribution in [3.63, 3.8) is 0 Å². The first-order valence-corrected chi connectivity index (χ1v) is 12.0. The van der Waals surface area contributed by atoms with Gasteiger partial charge in [0, 0.05) is 41.8 Å². The normalized spacial score (nSPS) is 10.6. The number of aromatic hydroxyl groups is 1. The van der Waals surface area contributed by atoms with Crippen molar-refractivity contribution in [1.29, 1.82) is 0 Å². The van der Waals surface area contributed by atoms with Crippen LogP contribution in [0.2, 0.25) is 0 Å². The molecule has 0 saturated heterocycles. The van der Waals surface area contributed by atoms with Gasteiger partial charge in [0.1, 0.15) is 11.6 Å². The summed E-state index contributed by atoms with van der Waals surface area (Å²) in [5, 5.41) is 17.2. The van der Waals surface area contributed by atoms with E-state index in [1.807, 2.05) is 30.3 Å². The zero-order chi connectivity index (χ0) is 25.7. The monoisotopic (exact) mass is 563 g/mol. The van der Waals surface area contributed by atoms with E-state index >= 15 is 0 Å². The summed E-state index contributed by atoms with van der Waals surface area (Å²) in [4.78, 5) is 9.46. The molecule has 0 fully saturated rings. The number of benzene rings is 2. The van der Waals surface area contributed by atoms with E-state index in [9.17, 15) is 5.11 Å². The molecule has 4 rings (SSSR count). The molecule has 2 heterocycles. The predicted molar refractivity (Wildman–Crippen MR) is 156 cm³/mol. The highest BCUT2D eigenvalue weighted by Crippen LogP contribution is 2.42. The summed E-state index contributed by atoms with van der Waals surface area (Å²) < 4.78 is 22.0. The van der Waals surface area contributed by atoms with Crippen molar-refractivity contribution < 1.29 is 24.1 Å². The first-order chi connectivity index (χ1) is 17.5. The fourth-order valence-electron chi connectivity index (χ4n) is 4.50. The number of nitrogens with zero attached hydrogens (tertiary/aromatic N) is 2. The lowest BCUT2D eigenvalue weighted by molar-refractivity contribution is 0.210. The van der Waals surface area contributed by atoms with Gasteiger partial charge in [-0.15, -0.1) is 24.8 Å². The number of ether oxygens (including phenoxy) is 4. The third-order valence-electron chi connectivity index (χ3n) is 6.22. The largest absolute Gasteiger partial charge is 0.497 e. The Morgan fingerprint density at radius 3 is 2.37 bits per heavy atom. The number of hydrogen-bond donors (Lipinski definition) is 2. The molecule has 0 unspecified atom stereocenters. The van der Waals surface area contributed by atoms with E-state index in [-0.39, 0.29) is 30.7 Å². The van der Waals surface area contributed by atoms with Crippen molar-refractivity contribution >= 4 is 52.3 Å². The van der Waals surface area contributed by atoms with Crippen LogP contribution in [0, 0.1) is 0 Å². The number of hydrogen-bond acceptors (Lipinski definition) is 8. The Balaban J connectivity index is 0.00000253. The molecule has 0 aliphatic heterocycles. The number of nitrogens with one attached hydrogen (secondary N) is 1. The zero-order valence-corrected chi connectivity index (χ0v) is 23.9. The van der Waals surface area contributed by atoms with Gasteiger partial charge in [-0.3, -0.25) is 0 Å². The molecular weight excluding hydrogens is 529 g/mol. The molecule has 0 amide bonds. The molecule has 0 aliphatic rings. The molecule has 38 heavy (non-hydrogen) atoms. The minimum atomic E-state index is -0.0221. The lowest BCUT2D eigenvalue weighted by Crippen LogP contribution is -2.11. The number of aryl methyl sites for hydroxylation is 1. The molecule has 0 bridgehead atoms. The van der Waals surface area contributed by atoms with Gasteiger partial charge in [0.05, 0.1) is 39.1 Å². The van der Waals surface area contributed by atoms with E-state index in [0.29, 0.717) is 36.6 Å². The smallest absolute Gasteiger partial charge is 0.215 e. The Hall–Kier alpha value is -3.20. The van der Waals surface area contributed by atoms with Crippen LogP contribution in [0.4, 0.5) is 5.82 Å². The summed E-state index contributed by atoms with van der Waals surface area (Å²) in [7, 11) is 6.52. The SMILES string of the molecule is CCCc1nc(O)c(Cc2cc3cc(OC)ccc3nc2NCCOC)c2c(OC)c(OC)ccc12.Cl.Cl. The Bertz CT molecular complexity index is 1380. The van der Waals surface area contributed by atoms with Gasteiger partial charge in [-0.05, 0) is 48.4 Å². The van der Waals surface area contributed by atoms with Crippen molar-refractivity contribution in [2.45, 2.75) is 26.2 Å². The predicted octanol–water partition coefficient (Wildman–Crippen LogP) is 5.96. The molecule has 2 aromatic heterocycles. The van der Waals surface area contributed by atoms with E-state index in [0.717, 1.165) is 57.3 Å². The van der Waals surface area contributed by atoms with Gasteiger partial charge in [-0.25, -0.2) is 9.97 Å². The van der Waals surface area contributed by atoms with Crippen LogP contribution in [0.5, 0.6) is 23.1 Å².